The Morgan fingerprint density at radius 1 is 1.32 bits per heavy atom. The van der Waals surface area contributed by atoms with Gasteiger partial charge in [-0.2, -0.15) is 0 Å². The molecule has 1 saturated heterocycles. The van der Waals surface area contributed by atoms with Gasteiger partial charge in [0.2, 0.25) is 5.91 Å². The molecule has 7 heteroatoms. The van der Waals surface area contributed by atoms with E-state index in [1.165, 1.54) is 4.70 Å². The van der Waals surface area contributed by atoms with Crippen LogP contribution in [-0.4, -0.2) is 30.0 Å². The van der Waals surface area contributed by atoms with Crippen molar-refractivity contribution in [3.63, 3.8) is 0 Å². The van der Waals surface area contributed by atoms with Crippen LogP contribution < -0.4 is 10.6 Å². The molecule has 3 rings (SSSR count). The SMILES string of the molecule is CCC(CC)(Cc1nc2ccccc2s1)C(=O)NC1CCNC1.Cl.Cl. The summed E-state index contributed by atoms with van der Waals surface area (Å²) in [5.74, 6) is 0.190. The summed E-state index contributed by atoms with van der Waals surface area (Å²) >= 11 is 1.71. The van der Waals surface area contributed by atoms with E-state index in [0.29, 0.717) is 0 Å². The van der Waals surface area contributed by atoms with Gasteiger partial charge in [-0.1, -0.05) is 26.0 Å². The minimum atomic E-state index is -0.351. The molecule has 0 saturated carbocycles. The first-order chi connectivity index (χ1) is 11.2. The summed E-state index contributed by atoms with van der Waals surface area (Å²) in [7, 11) is 0. The number of hydrogen-bond acceptors (Lipinski definition) is 4. The number of carbonyl (C=O) groups is 1. The van der Waals surface area contributed by atoms with E-state index >= 15 is 0 Å². The summed E-state index contributed by atoms with van der Waals surface area (Å²) in [6.45, 7) is 6.11. The molecule has 0 radical (unpaired) electrons. The monoisotopic (exact) mass is 403 g/mol. The first kappa shape index (κ1) is 22.2. The lowest BCUT2D eigenvalue weighted by Gasteiger charge is -2.31. The summed E-state index contributed by atoms with van der Waals surface area (Å²) in [5, 5.41) is 7.62. The van der Waals surface area contributed by atoms with Gasteiger partial charge in [-0.3, -0.25) is 4.79 Å². The Labute approximate surface area is 166 Å². The third-order valence-corrected chi connectivity index (χ3v) is 6.09. The number of nitrogens with one attached hydrogen (secondary N) is 2. The van der Waals surface area contributed by atoms with Crippen LogP contribution in [0.15, 0.2) is 24.3 Å². The molecule has 0 aliphatic carbocycles. The maximum atomic E-state index is 12.9. The van der Waals surface area contributed by atoms with E-state index in [1.54, 1.807) is 11.3 Å². The summed E-state index contributed by atoms with van der Waals surface area (Å²) in [6.07, 6.45) is 3.43. The third-order valence-electron chi connectivity index (χ3n) is 5.06. The summed E-state index contributed by atoms with van der Waals surface area (Å²) in [6, 6.07) is 8.46. The van der Waals surface area contributed by atoms with Gasteiger partial charge in [-0.25, -0.2) is 4.98 Å². The highest BCUT2D eigenvalue weighted by molar-refractivity contribution is 7.18. The molecule has 1 aliphatic heterocycles. The number of aromatic nitrogens is 1. The maximum Gasteiger partial charge on any atom is 0.226 e. The van der Waals surface area contributed by atoms with Crippen molar-refractivity contribution in [3.8, 4) is 0 Å². The number of nitrogens with zero attached hydrogens (tertiary/aromatic N) is 1. The zero-order valence-electron chi connectivity index (χ0n) is 14.7. The number of carbonyl (C=O) groups excluding carboxylic acids is 1. The molecular formula is C18H27Cl2N3OS. The Morgan fingerprint density at radius 2 is 2.04 bits per heavy atom. The highest BCUT2D eigenvalue weighted by Crippen LogP contribution is 2.34. The third kappa shape index (κ3) is 4.85. The number of hydrogen-bond donors (Lipinski definition) is 2. The zero-order chi connectivity index (χ0) is 16.3. The molecule has 4 nitrogen and oxygen atoms in total. The molecule has 2 heterocycles. The first-order valence-electron chi connectivity index (χ1n) is 8.53. The minimum absolute atomic E-state index is 0. The van der Waals surface area contributed by atoms with Crippen LogP contribution in [0.2, 0.25) is 0 Å². The van der Waals surface area contributed by atoms with E-state index in [4.69, 9.17) is 4.98 Å². The van der Waals surface area contributed by atoms with Crippen LogP contribution in [0.1, 0.15) is 38.1 Å². The normalized spacial score (nSPS) is 17.0. The number of amides is 1. The zero-order valence-corrected chi connectivity index (χ0v) is 17.2. The van der Waals surface area contributed by atoms with Gasteiger partial charge in [-0.05, 0) is 37.9 Å². The number of thiazole rings is 1. The molecule has 25 heavy (non-hydrogen) atoms. The van der Waals surface area contributed by atoms with Crippen LogP contribution in [0.3, 0.4) is 0 Å². The van der Waals surface area contributed by atoms with Crippen LogP contribution in [0.25, 0.3) is 10.2 Å². The van der Waals surface area contributed by atoms with E-state index in [-0.39, 0.29) is 42.2 Å². The summed E-state index contributed by atoms with van der Waals surface area (Å²) in [4.78, 5) is 17.7. The molecule has 1 aliphatic rings. The second kappa shape index (κ2) is 9.72. The van der Waals surface area contributed by atoms with Gasteiger partial charge >= 0.3 is 0 Å². The van der Waals surface area contributed by atoms with Crippen LogP contribution in [-0.2, 0) is 11.2 Å². The molecule has 140 valence electrons. The number of halogens is 2. The van der Waals surface area contributed by atoms with Crippen molar-refractivity contribution in [1.82, 2.24) is 15.6 Å². The van der Waals surface area contributed by atoms with Crippen LogP contribution in [0.5, 0.6) is 0 Å². The van der Waals surface area contributed by atoms with Gasteiger partial charge < -0.3 is 10.6 Å². The van der Waals surface area contributed by atoms with E-state index in [9.17, 15) is 4.79 Å². The van der Waals surface area contributed by atoms with Gasteiger partial charge in [0, 0.05) is 19.0 Å². The van der Waals surface area contributed by atoms with E-state index in [1.807, 2.05) is 18.2 Å². The standard InChI is InChI=1S/C18H25N3OS.2ClH/c1-3-18(4-2,17(22)20-13-9-10-19-12-13)11-16-21-14-7-5-6-8-15(14)23-16;;/h5-8,13,19H,3-4,9-12H2,1-2H3,(H,20,22);2*1H. The molecule has 1 aromatic carbocycles. The average Bonchev–Trinajstić information content (AvgIpc) is 3.21. The van der Waals surface area contributed by atoms with Crippen molar-refractivity contribution in [2.24, 2.45) is 5.41 Å². The van der Waals surface area contributed by atoms with Gasteiger partial charge in [0.05, 0.1) is 20.6 Å². The molecule has 1 aromatic heterocycles. The molecule has 0 spiro atoms. The van der Waals surface area contributed by atoms with Crippen molar-refractivity contribution in [2.45, 2.75) is 45.6 Å². The lowest BCUT2D eigenvalue weighted by atomic mass is 9.78. The fourth-order valence-corrected chi connectivity index (χ4v) is 4.41. The average molecular weight is 404 g/mol. The highest BCUT2D eigenvalue weighted by Gasteiger charge is 2.37. The summed E-state index contributed by atoms with van der Waals surface area (Å²) < 4.78 is 1.20. The van der Waals surface area contributed by atoms with Crippen molar-refractivity contribution >= 4 is 52.3 Å². The number of rotatable bonds is 6. The quantitative estimate of drug-likeness (QED) is 0.766. The van der Waals surface area contributed by atoms with Crippen molar-refractivity contribution in [3.05, 3.63) is 29.3 Å². The molecule has 1 unspecified atom stereocenters. The predicted molar refractivity (Wildman–Crippen MR) is 110 cm³/mol. The largest absolute Gasteiger partial charge is 0.352 e. The maximum absolute atomic E-state index is 12.9. The number of para-hydroxylation sites is 1. The van der Waals surface area contributed by atoms with E-state index in [0.717, 1.165) is 49.3 Å². The predicted octanol–water partition coefficient (Wildman–Crippen LogP) is 3.97. The highest BCUT2D eigenvalue weighted by atomic mass is 35.5. The van der Waals surface area contributed by atoms with Crippen LogP contribution >= 0.6 is 36.2 Å². The minimum Gasteiger partial charge on any atom is -0.352 e. The van der Waals surface area contributed by atoms with Gasteiger partial charge in [0.1, 0.15) is 0 Å². The number of benzene rings is 1. The molecule has 1 fully saturated rings. The second-order valence-electron chi connectivity index (χ2n) is 6.40. The fourth-order valence-electron chi connectivity index (χ4n) is 3.30. The Bertz CT molecular complexity index is 649. The Morgan fingerprint density at radius 3 is 2.64 bits per heavy atom. The summed E-state index contributed by atoms with van der Waals surface area (Å²) in [5.41, 5.74) is 0.685. The fraction of sp³-hybridized carbons (Fsp3) is 0.556. The van der Waals surface area contributed by atoms with Gasteiger partial charge in [-0.15, -0.1) is 36.2 Å². The number of fused-ring (bicyclic) bond motifs is 1. The Kier molecular flexibility index (Phi) is 8.61. The van der Waals surface area contributed by atoms with E-state index < -0.39 is 0 Å². The van der Waals surface area contributed by atoms with Crippen LogP contribution in [0.4, 0.5) is 0 Å². The molecule has 1 atom stereocenters. The lowest BCUT2D eigenvalue weighted by Crippen LogP contribution is -2.47. The molecule has 2 N–H and O–H groups in total. The molecule has 1 amide bonds. The van der Waals surface area contributed by atoms with E-state index in [2.05, 4.69) is 30.5 Å². The second-order valence-corrected chi connectivity index (χ2v) is 7.52. The first-order valence-corrected chi connectivity index (χ1v) is 9.34. The van der Waals surface area contributed by atoms with Crippen LogP contribution in [0, 0.1) is 5.41 Å². The smallest absolute Gasteiger partial charge is 0.226 e. The van der Waals surface area contributed by atoms with Crippen molar-refractivity contribution in [2.75, 3.05) is 13.1 Å². The topological polar surface area (TPSA) is 54.0 Å². The van der Waals surface area contributed by atoms with Crippen molar-refractivity contribution in [1.29, 1.82) is 0 Å². The molecular weight excluding hydrogens is 377 g/mol. The van der Waals surface area contributed by atoms with Gasteiger partial charge in [0.25, 0.3) is 0 Å². The van der Waals surface area contributed by atoms with Gasteiger partial charge in [0.15, 0.2) is 0 Å². The molecule has 0 bridgehead atoms. The lowest BCUT2D eigenvalue weighted by molar-refractivity contribution is -0.132. The Balaban J connectivity index is 0.00000156. The van der Waals surface area contributed by atoms with Crippen molar-refractivity contribution < 1.29 is 4.79 Å². The Hall–Kier alpha value is -0.880. The molecule has 2 aromatic rings.